The summed E-state index contributed by atoms with van der Waals surface area (Å²) >= 11 is 0. The largest absolute Gasteiger partial charge is 0.368 e. The highest BCUT2D eigenvalue weighted by Crippen LogP contribution is 2.25. The van der Waals surface area contributed by atoms with E-state index in [0.717, 1.165) is 0 Å². The lowest BCUT2D eigenvalue weighted by molar-refractivity contribution is 0.397. The van der Waals surface area contributed by atoms with Gasteiger partial charge >= 0.3 is 0 Å². The molecule has 1 aliphatic rings. The van der Waals surface area contributed by atoms with Crippen molar-refractivity contribution in [2.75, 3.05) is 17.7 Å². The molecule has 1 fully saturated rings. The Hall–Kier alpha value is -1.26. The molecule has 2 rings (SSSR count). The van der Waals surface area contributed by atoms with Gasteiger partial charge in [0.15, 0.2) is 0 Å². The maximum atomic E-state index is 5.42. The predicted octanol–water partition coefficient (Wildman–Crippen LogP) is 0.376. The van der Waals surface area contributed by atoms with Gasteiger partial charge in [-0.05, 0) is 19.3 Å². The summed E-state index contributed by atoms with van der Waals surface area (Å²) in [6.07, 6.45) is 3.80. The van der Waals surface area contributed by atoms with Gasteiger partial charge in [-0.25, -0.2) is 5.10 Å². The minimum atomic E-state index is 0.385. The average Bonchev–Trinajstić information content (AvgIpc) is 2.31. The fraction of sp³-hybridized carbons (Fsp3) is 0.714. The summed E-state index contributed by atoms with van der Waals surface area (Å²) in [5.74, 6) is 1.09. The van der Waals surface area contributed by atoms with Crippen molar-refractivity contribution in [1.29, 1.82) is 0 Å². The monoisotopic (exact) mass is 167 g/mol. The molecule has 0 bridgehead atoms. The fourth-order valence-electron chi connectivity index (χ4n) is 1.36. The van der Waals surface area contributed by atoms with Gasteiger partial charge in [0.2, 0.25) is 11.9 Å². The minimum Gasteiger partial charge on any atom is -0.368 e. The van der Waals surface area contributed by atoms with Gasteiger partial charge in [0.1, 0.15) is 0 Å². The highest BCUT2D eigenvalue weighted by Gasteiger charge is 2.24. The number of nitrogen functional groups attached to an aromatic ring is 1. The van der Waals surface area contributed by atoms with E-state index in [-0.39, 0.29) is 0 Å². The molecule has 3 N–H and O–H groups in total. The third-order valence-corrected chi connectivity index (χ3v) is 2.43. The van der Waals surface area contributed by atoms with E-state index in [9.17, 15) is 0 Å². The summed E-state index contributed by atoms with van der Waals surface area (Å²) in [6, 6.07) is 0.611. The van der Waals surface area contributed by atoms with Crippen LogP contribution in [-0.2, 0) is 0 Å². The van der Waals surface area contributed by atoms with Crippen molar-refractivity contribution in [2.45, 2.75) is 25.3 Å². The molecule has 12 heavy (non-hydrogen) atoms. The van der Waals surface area contributed by atoms with E-state index in [1.54, 1.807) is 0 Å². The van der Waals surface area contributed by atoms with Crippen molar-refractivity contribution in [3.63, 3.8) is 0 Å². The maximum absolute atomic E-state index is 5.42. The molecule has 0 spiro atoms. The van der Waals surface area contributed by atoms with Crippen LogP contribution in [0.4, 0.5) is 11.9 Å². The lowest BCUT2D eigenvalue weighted by Crippen LogP contribution is -2.37. The second kappa shape index (κ2) is 2.66. The Labute approximate surface area is 71.0 Å². The molecule has 5 nitrogen and oxygen atoms in total. The van der Waals surface area contributed by atoms with Gasteiger partial charge in [-0.3, -0.25) is 0 Å². The second-order valence-corrected chi connectivity index (χ2v) is 3.22. The van der Waals surface area contributed by atoms with Crippen molar-refractivity contribution in [2.24, 2.45) is 0 Å². The summed E-state index contributed by atoms with van der Waals surface area (Å²) in [7, 11) is 2.01. The maximum Gasteiger partial charge on any atom is 0.246 e. The molecule has 1 heterocycles. The molecule has 0 aromatic carbocycles. The van der Waals surface area contributed by atoms with Crippen LogP contribution in [0.3, 0.4) is 0 Å². The van der Waals surface area contributed by atoms with Gasteiger partial charge < -0.3 is 10.6 Å². The summed E-state index contributed by atoms with van der Waals surface area (Å²) in [5.41, 5.74) is 5.42. The molecule has 0 saturated heterocycles. The zero-order valence-electron chi connectivity index (χ0n) is 7.12. The van der Waals surface area contributed by atoms with Crippen molar-refractivity contribution < 1.29 is 0 Å². The minimum absolute atomic E-state index is 0.385. The molecule has 0 amide bonds. The quantitative estimate of drug-likeness (QED) is 0.667. The number of H-pyrrole nitrogens is 1. The van der Waals surface area contributed by atoms with Gasteiger partial charge in [0, 0.05) is 13.1 Å². The molecule has 0 aliphatic heterocycles. The lowest BCUT2D eigenvalue weighted by atomic mass is 9.92. The van der Waals surface area contributed by atoms with Gasteiger partial charge in [-0.1, -0.05) is 0 Å². The van der Waals surface area contributed by atoms with E-state index in [2.05, 4.69) is 20.1 Å². The summed E-state index contributed by atoms with van der Waals surface area (Å²) < 4.78 is 0. The van der Waals surface area contributed by atoms with Crippen LogP contribution in [0.1, 0.15) is 19.3 Å². The Bertz CT molecular complexity index is 265. The Morgan fingerprint density at radius 1 is 1.58 bits per heavy atom. The average molecular weight is 167 g/mol. The zero-order chi connectivity index (χ0) is 8.55. The molecule has 1 aromatic heterocycles. The van der Waals surface area contributed by atoms with Crippen LogP contribution in [0.2, 0.25) is 0 Å². The Morgan fingerprint density at radius 3 is 2.75 bits per heavy atom. The molecule has 1 aliphatic carbocycles. The number of hydrogen-bond donors (Lipinski definition) is 2. The Morgan fingerprint density at radius 2 is 2.33 bits per heavy atom. The fourth-order valence-corrected chi connectivity index (χ4v) is 1.36. The third-order valence-electron chi connectivity index (χ3n) is 2.43. The first-order chi connectivity index (χ1) is 5.77. The van der Waals surface area contributed by atoms with Gasteiger partial charge in [-0.2, -0.15) is 4.98 Å². The van der Waals surface area contributed by atoms with Crippen molar-refractivity contribution in [1.82, 2.24) is 15.2 Å². The van der Waals surface area contributed by atoms with E-state index in [4.69, 9.17) is 5.73 Å². The highest BCUT2D eigenvalue weighted by molar-refractivity contribution is 5.34. The number of rotatable bonds is 2. The summed E-state index contributed by atoms with van der Waals surface area (Å²) in [4.78, 5) is 6.13. The van der Waals surface area contributed by atoms with Crippen LogP contribution in [0.25, 0.3) is 0 Å². The molecule has 5 heteroatoms. The number of nitrogens with zero attached hydrogens (tertiary/aromatic N) is 3. The normalized spacial score (nSPS) is 17.4. The van der Waals surface area contributed by atoms with Gasteiger partial charge in [0.05, 0.1) is 0 Å². The smallest absolute Gasteiger partial charge is 0.246 e. The third kappa shape index (κ3) is 1.11. The first-order valence-corrected chi connectivity index (χ1v) is 4.18. The number of anilines is 2. The summed E-state index contributed by atoms with van der Waals surface area (Å²) in [6.45, 7) is 0. The molecule has 0 radical (unpaired) electrons. The number of aromatic nitrogens is 3. The lowest BCUT2D eigenvalue weighted by Gasteiger charge is -2.33. The predicted molar refractivity (Wildman–Crippen MR) is 46.8 cm³/mol. The van der Waals surface area contributed by atoms with Crippen LogP contribution >= 0.6 is 0 Å². The van der Waals surface area contributed by atoms with Crippen molar-refractivity contribution in [3.05, 3.63) is 0 Å². The number of hydrogen-bond acceptors (Lipinski definition) is 4. The van der Waals surface area contributed by atoms with Crippen LogP contribution in [0.5, 0.6) is 0 Å². The van der Waals surface area contributed by atoms with E-state index >= 15 is 0 Å². The van der Waals surface area contributed by atoms with Crippen LogP contribution < -0.4 is 10.6 Å². The van der Waals surface area contributed by atoms with Crippen LogP contribution in [-0.4, -0.2) is 28.3 Å². The highest BCUT2D eigenvalue weighted by atomic mass is 15.4. The van der Waals surface area contributed by atoms with Gasteiger partial charge in [-0.15, -0.1) is 5.10 Å². The molecule has 0 unspecified atom stereocenters. The SMILES string of the molecule is CN(c1n[nH]c(N)n1)C1CCC1. The summed E-state index contributed by atoms with van der Waals surface area (Å²) in [5, 5.41) is 6.61. The molecule has 1 aromatic rings. The molecule has 66 valence electrons. The first-order valence-electron chi connectivity index (χ1n) is 4.18. The van der Waals surface area contributed by atoms with Crippen molar-refractivity contribution in [3.8, 4) is 0 Å². The van der Waals surface area contributed by atoms with Crippen LogP contribution in [0.15, 0.2) is 0 Å². The number of nitrogens with two attached hydrogens (primary N) is 1. The van der Waals surface area contributed by atoms with E-state index < -0.39 is 0 Å². The Balaban J connectivity index is 2.08. The first kappa shape index (κ1) is 7.39. The van der Waals surface area contributed by atoms with E-state index in [0.29, 0.717) is 17.9 Å². The van der Waals surface area contributed by atoms with Crippen molar-refractivity contribution >= 4 is 11.9 Å². The number of aromatic amines is 1. The van der Waals surface area contributed by atoms with Crippen LogP contribution in [0, 0.1) is 0 Å². The van der Waals surface area contributed by atoms with E-state index in [1.807, 2.05) is 7.05 Å². The topological polar surface area (TPSA) is 70.8 Å². The van der Waals surface area contributed by atoms with Gasteiger partial charge in [0.25, 0.3) is 0 Å². The molecule has 1 saturated carbocycles. The second-order valence-electron chi connectivity index (χ2n) is 3.22. The Kier molecular flexibility index (Phi) is 1.64. The van der Waals surface area contributed by atoms with E-state index in [1.165, 1.54) is 19.3 Å². The molecular weight excluding hydrogens is 154 g/mol. The zero-order valence-corrected chi connectivity index (χ0v) is 7.12. The standard InChI is InChI=1S/C7H13N5/c1-12(5-3-2-4-5)7-9-6(8)10-11-7/h5H,2-4H2,1H3,(H3,8,9,10,11). The molecular formula is C7H13N5. The number of nitrogens with one attached hydrogen (secondary N) is 1. The molecule has 0 atom stereocenters.